The van der Waals surface area contributed by atoms with Gasteiger partial charge in [0.2, 0.25) is 0 Å². The first-order chi connectivity index (χ1) is 30.7. The van der Waals surface area contributed by atoms with Gasteiger partial charge in [-0.15, -0.1) is 0 Å². The number of phenolic OH excluding ortho intramolecular Hbond substituents is 8. The maximum absolute atomic E-state index is 11.4. The highest BCUT2D eigenvalue weighted by Crippen LogP contribution is 2.68. The molecular weight excluding hydrogens is 837 g/mol. The van der Waals surface area contributed by atoms with Crippen molar-refractivity contribution in [3.63, 3.8) is 0 Å². The number of benzene rings is 4. The van der Waals surface area contributed by atoms with E-state index in [1.54, 1.807) is 36.4 Å². The summed E-state index contributed by atoms with van der Waals surface area (Å²) in [5.74, 6) is -0.848. The van der Waals surface area contributed by atoms with E-state index < -0.39 is 5.41 Å². The summed E-state index contributed by atoms with van der Waals surface area (Å²) in [6, 6.07) is 10.2. The minimum Gasteiger partial charge on any atom is -0.504 e. The highest BCUT2D eigenvalue weighted by molar-refractivity contribution is 5.71. The van der Waals surface area contributed by atoms with Crippen molar-refractivity contribution in [2.45, 2.75) is 165 Å². The Bertz CT molecular complexity index is 2440. The summed E-state index contributed by atoms with van der Waals surface area (Å²) < 4.78 is 0. The highest BCUT2D eigenvalue weighted by Gasteiger charge is 2.60. The van der Waals surface area contributed by atoms with Crippen molar-refractivity contribution in [2.24, 2.45) is 0 Å². The summed E-state index contributed by atoms with van der Waals surface area (Å²) in [7, 11) is 0. The minimum atomic E-state index is -0.538. The zero-order valence-electron chi connectivity index (χ0n) is 39.9. The SMILES string of the molecule is CC1(C)CC2(CC(C)(C)c3cc(O)c(O)c(CN4CCC(O)CC4)c32)c2c1cc(O)c(O)c2CN1CCC(O)CC1.CC1(C)CC2(CC(C)(C)c3cc(O)c(O)cc32)c2cc(O)c(O)cc21. The molecule has 0 amide bonds. The second-order valence-corrected chi connectivity index (χ2v) is 23.5. The molecule has 66 heavy (non-hydrogen) atoms. The van der Waals surface area contributed by atoms with E-state index in [2.05, 4.69) is 65.2 Å². The van der Waals surface area contributed by atoms with Crippen molar-refractivity contribution >= 4 is 0 Å². The molecule has 2 saturated heterocycles. The zero-order valence-corrected chi connectivity index (χ0v) is 39.9. The van der Waals surface area contributed by atoms with E-state index in [-0.39, 0.29) is 85.3 Å². The van der Waals surface area contributed by atoms with Crippen molar-refractivity contribution in [2.75, 3.05) is 26.2 Å². The summed E-state index contributed by atoms with van der Waals surface area (Å²) in [6.07, 6.45) is 5.22. The molecule has 2 heterocycles. The minimum absolute atomic E-state index is 0.0900. The summed E-state index contributed by atoms with van der Waals surface area (Å²) in [4.78, 5) is 4.49. The number of aliphatic hydroxyl groups is 2. The number of likely N-dealkylation sites (tertiary alicyclic amines) is 2. The van der Waals surface area contributed by atoms with Crippen molar-refractivity contribution in [3.05, 3.63) is 92.0 Å². The van der Waals surface area contributed by atoms with Gasteiger partial charge in [0, 0.05) is 61.2 Å². The number of rotatable bonds is 4. The van der Waals surface area contributed by atoms with E-state index in [0.29, 0.717) is 65.0 Å². The molecule has 2 fully saturated rings. The standard InChI is InChI=1S/C33H46N2O6.C21H24O4/c1-31(2)17-33(27-21(29(40)25(38)13-23(27)31)15-34-9-5-19(36)6-10-34)18-32(3,4)24-14-26(39)30(41)22(28(24)33)16-35-11-7-20(37)8-12-35;1-19(2)9-21(13-7-17(24)15(22)5-11(13)19)10-20(3,4)12-6-16(23)18(25)8-14(12)21/h13-14,19-20,36-41H,5-12,15-18H2,1-4H3;5-8,22-25H,9-10H2,1-4H3. The molecule has 356 valence electrons. The third-order valence-corrected chi connectivity index (χ3v) is 16.7. The lowest BCUT2D eigenvalue weighted by atomic mass is 9.70. The second kappa shape index (κ2) is 15.3. The molecule has 10 N–H and O–H groups in total. The van der Waals surface area contributed by atoms with Gasteiger partial charge in [-0.05, 0) is 154 Å². The quantitative estimate of drug-likeness (QED) is 0.0879. The van der Waals surface area contributed by atoms with Crippen molar-refractivity contribution < 1.29 is 51.1 Å². The molecule has 2 aliphatic heterocycles. The molecule has 12 heteroatoms. The van der Waals surface area contributed by atoms with Crippen LogP contribution < -0.4 is 0 Å². The fraction of sp³-hybridized carbons (Fsp3) is 0.556. The molecule has 10 rings (SSSR count). The van der Waals surface area contributed by atoms with Crippen molar-refractivity contribution in [1.29, 1.82) is 0 Å². The Morgan fingerprint density at radius 3 is 1.00 bits per heavy atom. The Labute approximate surface area is 388 Å². The second-order valence-electron chi connectivity index (χ2n) is 23.5. The van der Waals surface area contributed by atoms with E-state index in [1.807, 2.05) is 0 Å². The maximum atomic E-state index is 11.4. The van der Waals surface area contributed by atoms with Gasteiger partial charge in [0.05, 0.1) is 12.2 Å². The van der Waals surface area contributed by atoms with Gasteiger partial charge in [-0.2, -0.15) is 0 Å². The van der Waals surface area contributed by atoms with Crippen molar-refractivity contribution in [3.8, 4) is 46.0 Å². The lowest BCUT2D eigenvalue weighted by Crippen LogP contribution is -2.37. The number of phenols is 8. The number of nitrogens with zero attached hydrogens (tertiary/aromatic N) is 2. The lowest BCUT2D eigenvalue weighted by Gasteiger charge is -2.36. The Kier molecular flexibility index (Phi) is 10.7. The number of piperidine rings is 2. The van der Waals surface area contributed by atoms with Crippen LogP contribution in [-0.2, 0) is 45.6 Å². The van der Waals surface area contributed by atoms with Gasteiger partial charge >= 0.3 is 0 Å². The average molecular weight is 907 g/mol. The lowest BCUT2D eigenvalue weighted by molar-refractivity contribution is 0.0785. The van der Waals surface area contributed by atoms with Gasteiger partial charge in [-0.3, -0.25) is 9.80 Å². The molecule has 4 aromatic rings. The smallest absolute Gasteiger partial charge is 0.162 e. The van der Waals surface area contributed by atoms with Gasteiger partial charge < -0.3 is 51.1 Å². The van der Waals surface area contributed by atoms with E-state index in [4.69, 9.17) is 0 Å². The zero-order chi connectivity index (χ0) is 47.8. The summed E-state index contributed by atoms with van der Waals surface area (Å²) in [5, 5.41) is 105. The maximum Gasteiger partial charge on any atom is 0.162 e. The fourth-order valence-corrected chi connectivity index (χ4v) is 14.1. The summed E-state index contributed by atoms with van der Waals surface area (Å²) in [5.41, 5.74) is 7.76. The normalized spacial score (nSPS) is 23.1. The average Bonchev–Trinajstić information content (AvgIpc) is 3.76. The predicted octanol–water partition coefficient (Wildman–Crippen LogP) is 8.23. The Hall–Kier alpha value is -4.88. The summed E-state index contributed by atoms with van der Waals surface area (Å²) >= 11 is 0. The molecule has 0 atom stereocenters. The van der Waals surface area contributed by atoms with Gasteiger partial charge in [0.25, 0.3) is 0 Å². The Morgan fingerprint density at radius 2 is 0.667 bits per heavy atom. The van der Waals surface area contributed by atoms with Crippen LogP contribution in [0.15, 0.2) is 36.4 Å². The number of fused-ring (bicyclic) bond motifs is 8. The van der Waals surface area contributed by atoms with Crippen LogP contribution in [0.25, 0.3) is 0 Å². The van der Waals surface area contributed by atoms with Gasteiger partial charge in [0.15, 0.2) is 46.0 Å². The van der Waals surface area contributed by atoms with E-state index >= 15 is 0 Å². The van der Waals surface area contributed by atoms with Gasteiger partial charge in [-0.1, -0.05) is 55.4 Å². The van der Waals surface area contributed by atoms with Crippen LogP contribution in [0.5, 0.6) is 46.0 Å². The monoisotopic (exact) mass is 907 g/mol. The third-order valence-electron chi connectivity index (χ3n) is 16.7. The predicted molar refractivity (Wildman–Crippen MR) is 252 cm³/mol. The summed E-state index contributed by atoms with van der Waals surface area (Å²) in [6.45, 7) is 21.1. The fourth-order valence-electron chi connectivity index (χ4n) is 14.1. The van der Waals surface area contributed by atoms with Crippen molar-refractivity contribution in [1.82, 2.24) is 9.80 Å². The largest absolute Gasteiger partial charge is 0.504 e. The van der Waals surface area contributed by atoms with Crippen LogP contribution in [0.1, 0.15) is 162 Å². The Morgan fingerprint density at radius 1 is 0.394 bits per heavy atom. The molecule has 4 aromatic carbocycles. The van der Waals surface area contributed by atoms with Gasteiger partial charge in [0.1, 0.15) is 0 Å². The molecule has 0 radical (unpaired) electrons. The molecule has 4 aliphatic carbocycles. The van der Waals surface area contributed by atoms with E-state index in [1.165, 1.54) is 0 Å². The Balaban J connectivity index is 0.000000187. The number of hydrogen-bond donors (Lipinski definition) is 10. The van der Waals surface area contributed by atoms with Crippen LogP contribution in [0.2, 0.25) is 0 Å². The van der Waals surface area contributed by atoms with Crippen LogP contribution in [-0.4, -0.2) is 99.3 Å². The highest BCUT2D eigenvalue weighted by atomic mass is 16.3. The molecule has 0 saturated carbocycles. The van der Waals surface area contributed by atoms with Crippen LogP contribution in [0.3, 0.4) is 0 Å². The number of hydrogen-bond acceptors (Lipinski definition) is 12. The molecule has 2 spiro atoms. The molecule has 12 nitrogen and oxygen atoms in total. The van der Waals surface area contributed by atoms with E-state index in [9.17, 15) is 51.1 Å². The first kappa shape index (κ1) is 46.2. The number of aromatic hydroxyl groups is 8. The van der Waals surface area contributed by atoms with Gasteiger partial charge in [-0.25, -0.2) is 0 Å². The molecule has 0 aromatic heterocycles. The molecular formula is C54H70N2O10. The molecule has 6 aliphatic rings. The third kappa shape index (κ3) is 7.15. The first-order valence-corrected chi connectivity index (χ1v) is 23.8. The van der Waals surface area contributed by atoms with Crippen LogP contribution in [0, 0.1) is 0 Å². The number of aliphatic hydroxyl groups excluding tert-OH is 2. The van der Waals surface area contributed by atoms with E-state index in [0.717, 1.165) is 81.3 Å². The first-order valence-electron chi connectivity index (χ1n) is 23.8. The van der Waals surface area contributed by atoms with Crippen LogP contribution >= 0.6 is 0 Å². The van der Waals surface area contributed by atoms with Crippen LogP contribution in [0.4, 0.5) is 0 Å². The topological polar surface area (TPSA) is 209 Å². The molecule has 0 unspecified atom stereocenters. The molecule has 0 bridgehead atoms.